The van der Waals surface area contributed by atoms with Crippen molar-refractivity contribution >= 4 is 22.9 Å². The molecule has 0 amide bonds. The number of hydrogen-bond acceptors (Lipinski definition) is 4. The summed E-state index contributed by atoms with van der Waals surface area (Å²) in [6.45, 7) is 2.04. The van der Waals surface area contributed by atoms with Crippen molar-refractivity contribution in [2.24, 2.45) is 12.8 Å². The fourth-order valence-corrected chi connectivity index (χ4v) is 2.75. The Morgan fingerprint density at radius 2 is 2.35 bits per heavy atom. The van der Waals surface area contributed by atoms with Gasteiger partial charge >= 0.3 is 0 Å². The number of nitrogens with two attached hydrogens (primary N) is 1. The normalized spacial score (nSPS) is 12.9. The highest BCUT2D eigenvalue weighted by Crippen LogP contribution is 2.25. The molecule has 0 saturated heterocycles. The van der Waals surface area contributed by atoms with Crippen molar-refractivity contribution in [3.8, 4) is 0 Å². The summed E-state index contributed by atoms with van der Waals surface area (Å²) in [5.41, 5.74) is 10.7. The molecule has 0 aliphatic heterocycles. The van der Waals surface area contributed by atoms with E-state index in [1.807, 2.05) is 24.0 Å². The minimum absolute atomic E-state index is 0.126. The maximum atomic E-state index is 6.28. The number of nitrogens with zero attached hydrogens (tertiary/aromatic N) is 3. The van der Waals surface area contributed by atoms with Crippen LogP contribution in [0.3, 0.4) is 0 Å². The lowest BCUT2D eigenvalue weighted by Gasteiger charge is -2.09. The lowest BCUT2D eigenvalue weighted by atomic mass is 10.1. The molecule has 0 radical (unpaired) electrons. The fourth-order valence-electron chi connectivity index (χ4n) is 1.76. The van der Waals surface area contributed by atoms with E-state index in [1.165, 1.54) is 0 Å². The first-order valence-corrected chi connectivity index (χ1v) is 6.79. The highest BCUT2D eigenvalue weighted by atomic mass is 35.5. The number of aryl methyl sites for hydroxylation is 2. The van der Waals surface area contributed by atoms with Crippen LogP contribution in [0.5, 0.6) is 0 Å². The second-order valence-electron chi connectivity index (χ2n) is 3.91. The van der Waals surface area contributed by atoms with Crippen LogP contribution >= 0.6 is 22.9 Å². The van der Waals surface area contributed by atoms with Crippen LogP contribution in [0.2, 0.25) is 5.02 Å². The van der Waals surface area contributed by atoms with Crippen molar-refractivity contribution in [1.82, 2.24) is 14.8 Å². The minimum Gasteiger partial charge on any atom is -0.322 e. The van der Waals surface area contributed by atoms with Crippen molar-refractivity contribution in [3.63, 3.8) is 0 Å². The zero-order valence-corrected chi connectivity index (χ0v) is 11.4. The number of thiazole rings is 1. The molecule has 4 nitrogen and oxygen atoms in total. The average Bonchev–Trinajstić information content (AvgIpc) is 2.92. The Morgan fingerprint density at radius 1 is 1.59 bits per heavy atom. The smallest absolute Gasteiger partial charge is 0.0850 e. The van der Waals surface area contributed by atoms with Crippen molar-refractivity contribution in [1.29, 1.82) is 0 Å². The predicted molar refractivity (Wildman–Crippen MR) is 70.3 cm³/mol. The summed E-state index contributed by atoms with van der Waals surface area (Å²) in [5, 5.41) is 7.08. The van der Waals surface area contributed by atoms with Gasteiger partial charge in [-0.3, -0.25) is 4.68 Å². The molecule has 6 heteroatoms. The molecule has 2 N–H and O–H groups in total. The van der Waals surface area contributed by atoms with E-state index in [4.69, 9.17) is 17.3 Å². The van der Waals surface area contributed by atoms with Gasteiger partial charge in [0.25, 0.3) is 0 Å². The molecule has 1 atom stereocenters. The molecule has 2 heterocycles. The van der Waals surface area contributed by atoms with Gasteiger partial charge in [-0.2, -0.15) is 5.10 Å². The zero-order valence-electron chi connectivity index (χ0n) is 9.85. The fraction of sp³-hybridized carbons (Fsp3) is 0.455. The molecule has 0 saturated carbocycles. The van der Waals surface area contributed by atoms with E-state index in [0.29, 0.717) is 6.42 Å². The minimum atomic E-state index is -0.126. The Morgan fingerprint density at radius 3 is 2.88 bits per heavy atom. The molecule has 2 aromatic heterocycles. The third kappa shape index (κ3) is 2.51. The van der Waals surface area contributed by atoms with E-state index in [0.717, 1.165) is 28.5 Å². The molecule has 0 aliphatic rings. The standard InChI is InChI=1S/C11H15ClN4S/c1-3-8-11(12)10(16(2)15-8)4-7(13)9-5-17-6-14-9/h5-7H,3-4,13H2,1-2H3. The summed E-state index contributed by atoms with van der Waals surface area (Å²) in [7, 11) is 1.90. The molecule has 0 spiro atoms. The summed E-state index contributed by atoms with van der Waals surface area (Å²) in [5.74, 6) is 0. The topological polar surface area (TPSA) is 56.7 Å². The SMILES string of the molecule is CCc1nn(C)c(CC(N)c2cscn2)c1Cl. The van der Waals surface area contributed by atoms with Crippen molar-refractivity contribution in [2.75, 3.05) is 0 Å². The van der Waals surface area contributed by atoms with Gasteiger partial charge < -0.3 is 5.73 Å². The molecule has 0 aliphatic carbocycles. The second kappa shape index (κ2) is 5.16. The van der Waals surface area contributed by atoms with Gasteiger partial charge in [0, 0.05) is 18.8 Å². The molecule has 17 heavy (non-hydrogen) atoms. The van der Waals surface area contributed by atoms with E-state index >= 15 is 0 Å². The zero-order chi connectivity index (χ0) is 12.4. The van der Waals surface area contributed by atoms with Gasteiger partial charge in [-0.05, 0) is 6.42 Å². The predicted octanol–water partition coefficient (Wildman–Crippen LogP) is 2.33. The first-order chi connectivity index (χ1) is 8.13. The number of aromatic nitrogens is 3. The van der Waals surface area contributed by atoms with Crippen LogP contribution in [0.4, 0.5) is 0 Å². The molecule has 2 aromatic rings. The van der Waals surface area contributed by atoms with Crippen molar-refractivity contribution < 1.29 is 0 Å². The Labute approximate surface area is 109 Å². The average molecular weight is 271 g/mol. The molecule has 0 bridgehead atoms. The number of halogens is 1. The Bertz CT molecular complexity index is 492. The highest BCUT2D eigenvalue weighted by molar-refractivity contribution is 7.07. The van der Waals surface area contributed by atoms with Crippen LogP contribution in [-0.2, 0) is 19.9 Å². The van der Waals surface area contributed by atoms with Gasteiger partial charge in [0.2, 0.25) is 0 Å². The summed E-state index contributed by atoms with van der Waals surface area (Å²) < 4.78 is 1.81. The maximum absolute atomic E-state index is 6.28. The Balaban J connectivity index is 2.21. The van der Waals surface area contributed by atoms with E-state index in [1.54, 1.807) is 16.8 Å². The van der Waals surface area contributed by atoms with Gasteiger partial charge in [0.1, 0.15) is 0 Å². The van der Waals surface area contributed by atoms with Gasteiger partial charge in [0.05, 0.1) is 33.7 Å². The van der Waals surface area contributed by atoms with Crippen molar-refractivity contribution in [3.05, 3.63) is 33.0 Å². The van der Waals surface area contributed by atoms with Gasteiger partial charge in [-0.1, -0.05) is 18.5 Å². The Kier molecular flexibility index (Phi) is 3.81. The third-order valence-corrected chi connectivity index (χ3v) is 3.79. The van der Waals surface area contributed by atoms with Crippen LogP contribution in [0.25, 0.3) is 0 Å². The third-order valence-electron chi connectivity index (χ3n) is 2.75. The summed E-state index contributed by atoms with van der Waals surface area (Å²) in [6, 6.07) is -0.126. The number of hydrogen-bond donors (Lipinski definition) is 1. The molecule has 0 aromatic carbocycles. The molecule has 92 valence electrons. The quantitative estimate of drug-likeness (QED) is 0.928. The lowest BCUT2D eigenvalue weighted by molar-refractivity contribution is 0.630. The van der Waals surface area contributed by atoms with Crippen LogP contribution in [0.15, 0.2) is 10.9 Å². The molecule has 0 fully saturated rings. The largest absolute Gasteiger partial charge is 0.322 e. The van der Waals surface area contributed by atoms with E-state index in [-0.39, 0.29) is 6.04 Å². The van der Waals surface area contributed by atoms with Crippen LogP contribution in [0, 0.1) is 0 Å². The van der Waals surface area contributed by atoms with Crippen LogP contribution in [-0.4, -0.2) is 14.8 Å². The van der Waals surface area contributed by atoms with Crippen molar-refractivity contribution in [2.45, 2.75) is 25.8 Å². The monoisotopic (exact) mass is 270 g/mol. The molecular weight excluding hydrogens is 256 g/mol. The number of rotatable bonds is 4. The molecule has 2 rings (SSSR count). The first kappa shape index (κ1) is 12.5. The second-order valence-corrected chi connectivity index (χ2v) is 5.01. The molecule has 1 unspecified atom stereocenters. The van der Waals surface area contributed by atoms with Crippen LogP contribution in [0.1, 0.15) is 30.0 Å². The van der Waals surface area contributed by atoms with Gasteiger partial charge in [-0.25, -0.2) is 4.98 Å². The van der Waals surface area contributed by atoms with Crippen LogP contribution < -0.4 is 5.73 Å². The van der Waals surface area contributed by atoms with Gasteiger partial charge in [-0.15, -0.1) is 11.3 Å². The van der Waals surface area contributed by atoms with Gasteiger partial charge in [0.15, 0.2) is 0 Å². The molecular formula is C11H15ClN4S. The Hall–Kier alpha value is -0.910. The lowest BCUT2D eigenvalue weighted by Crippen LogP contribution is -2.15. The first-order valence-electron chi connectivity index (χ1n) is 5.47. The summed E-state index contributed by atoms with van der Waals surface area (Å²) >= 11 is 7.83. The van der Waals surface area contributed by atoms with E-state index in [2.05, 4.69) is 10.1 Å². The summed E-state index contributed by atoms with van der Waals surface area (Å²) in [6.07, 6.45) is 1.49. The van der Waals surface area contributed by atoms with E-state index in [9.17, 15) is 0 Å². The summed E-state index contributed by atoms with van der Waals surface area (Å²) in [4.78, 5) is 4.22. The maximum Gasteiger partial charge on any atom is 0.0850 e. The van der Waals surface area contributed by atoms with E-state index < -0.39 is 0 Å². The highest BCUT2D eigenvalue weighted by Gasteiger charge is 2.17.